The minimum atomic E-state index is -0.363. The number of nitrogens with one attached hydrogen (secondary N) is 1. The van der Waals surface area contributed by atoms with Crippen molar-refractivity contribution in [3.8, 4) is 5.75 Å². The molecule has 0 radical (unpaired) electrons. The van der Waals surface area contributed by atoms with Crippen LogP contribution in [0.1, 0.15) is 24.2 Å². The van der Waals surface area contributed by atoms with Crippen molar-refractivity contribution in [1.29, 1.82) is 0 Å². The summed E-state index contributed by atoms with van der Waals surface area (Å²) in [5, 5.41) is 2.88. The molecule has 6 nitrogen and oxygen atoms in total. The van der Waals surface area contributed by atoms with Crippen molar-refractivity contribution in [1.82, 2.24) is 10.2 Å². The molecular formula is C23H24Cl2N2O4S. The van der Waals surface area contributed by atoms with E-state index >= 15 is 0 Å². The lowest BCUT2D eigenvalue weighted by atomic mass is 10.1. The van der Waals surface area contributed by atoms with Gasteiger partial charge in [-0.05, 0) is 54.8 Å². The highest BCUT2D eigenvalue weighted by Gasteiger charge is 2.31. The first-order chi connectivity index (χ1) is 15.4. The van der Waals surface area contributed by atoms with E-state index in [-0.39, 0.29) is 28.5 Å². The smallest absolute Gasteiger partial charge is 0.286 e. The van der Waals surface area contributed by atoms with Crippen LogP contribution in [0.2, 0.25) is 10.0 Å². The number of amides is 2. The van der Waals surface area contributed by atoms with Gasteiger partial charge in [-0.15, -0.1) is 0 Å². The van der Waals surface area contributed by atoms with Crippen LogP contribution < -0.4 is 10.1 Å². The van der Waals surface area contributed by atoms with Gasteiger partial charge in [0.1, 0.15) is 12.4 Å². The highest BCUT2D eigenvalue weighted by atomic mass is 35.5. The summed E-state index contributed by atoms with van der Waals surface area (Å²) in [5.74, 6) is 0.546. The summed E-state index contributed by atoms with van der Waals surface area (Å²) in [6, 6.07) is 13.4. The van der Waals surface area contributed by atoms with Gasteiger partial charge in [-0.25, -0.2) is 0 Å². The van der Waals surface area contributed by atoms with E-state index in [0.717, 1.165) is 41.7 Å². The molecule has 2 heterocycles. The lowest BCUT2D eigenvalue weighted by molar-refractivity contribution is -0.118. The number of morpholine rings is 1. The minimum absolute atomic E-state index is 0.0841. The van der Waals surface area contributed by atoms with Crippen LogP contribution in [-0.2, 0) is 16.0 Å². The first-order valence-electron chi connectivity index (χ1n) is 10.4. The van der Waals surface area contributed by atoms with Gasteiger partial charge in [0, 0.05) is 29.2 Å². The van der Waals surface area contributed by atoms with E-state index in [9.17, 15) is 9.59 Å². The Morgan fingerprint density at radius 2 is 1.91 bits per heavy atom. The van der Waals surface area contributed by atoms with Gasteiger partial charge in [0.2, 0.25) is 5.91 Å². The maximum atomic E-state index is 11.7. The average molecular weight is 495 g/mol. The van der Waals surface area contributed by atoms with E-state index in [0.29, 0.717) is 29.7 Å². The molecule has 0 aromatic heterocycles. The molecule has 2 amide bonds. The van der Waals surface area contributed by atoms with E-state index in [4.69, 9.17) is 32.7 Å². The Morgan fingerprint density at radius 1 is 1.19 bits per heavy atom. The molecule has 0 bridgehead atoms. The molecule has 9 heteroatoms. The van der Waals surface area contributed by atoms with Crippen molar-refractivity contribution in [2.75, 3.05) is 26.3 Å². The van der Waals surface area contributed by atoms with Gasteiger partial charge < -0.3 is 9.47 Å². The third kappa shape index (κ3) is 5.97. The SMILES string of the molecule is CC(COc1ccc(CC2SC(=O)NC2=O)cc1)N1CCOC(c2cc(Cl)cc(Cl)c2)C1. The molecule has 2 aromatic rings. The zero-order chi connectivity index (χ0) is 22.7. The molecule has 0 aliphatic carbocycles. The van der Waals surface area contributed by atoms with E-state index < -0.39 is 0 Å². The molecule has 170 valence electrons. The third-order valence-corrected chi connectivity index (χ3v) is 7.00. The summed E-state index contributed by atoms with van der Waals surface area (Å²) in [4.78, 5) is 25.4. The van der Waals surface area contributed by atoms with Crippen molar-refractivity contribution < 1.29 is 19.1 Å². The first kappa shape index (κ1) is 23.4. The second-order valence-corrected chi connectivity index (χ2v) is 10.00. The van der Waals surface area contributed by atoms with E-state index in [1.165, 1.54) is 0 Å². The van der Waals surface area contributed by atoms with Crippen LogP contribution in [0.4, 0.5) is 4.79 Å². The fourth-order valence-corrected chi connectivity index (χ4v) is 5.22. The summed E-state index contributed by atoms with van der Waals surface area (Å²) in [6.07, 6.45) is 0.431. The van der Waals surface area contributed by atoms with Crippen molar-refractivity contribution >= 4 is 46.1 Å². The van der Waals surface area contributed by atoms with E-state index in [2.05, 4.69) is 17.1 Å². The van der Waals surface area contributed by atoms with Crippen LogP contribution in [0.3, 0.4) is 0 Å². The Kier molecular flexibility index (Phi) is 7.63. The van der Waals surface area contributed by atoms with Crippen molar-refractivity contribution in [3.63, 3.8) is 0 Å². The Morgan fingerprint density at radius 3 is 2.56 bits per heavy atom. The molecule has 0 saturated carbocycles. The first-order valence-corrected chi connectivity index (χ1v) is 12.1. The normalized spacial score (nSPS) is 22.6. The Hall–Kier alpha value is -1.77. The quantitative estimate of drug-likeness (QED) is 0.599. The predicted octanol–water partition coefficient (Wildman–Crippen LogP) is 4.73. The van der Waals surface area contributed by atoms with Gasteiger partial charge in [0.25, 0.3) is 5.24 Å². The second kappa shape index (κ2) is 10.4. The molecular weight excluding hydrogens is 471 g/mol. The zero-order valence-corrected chi connectivity index (χ0v) is 19.9. The van der Waals surface area contributed by atoms with Crippen molar-refractivity contribution in [3.05, 3.63) is 63.6 Å². The average Bonchev–Trinajstić information content (AvgIpc) is 3.09. The summed E-state index contributed by atoms with van der Waals surface area (Å²) in [6.45, 7) is 4.86. The number of hydrogen-bond donors (Lipinski definition) is 1. The monoisotopic (exact) mass is 494 g/mol. The summed E-state index contributed by atoms with van der Waals surface area (Å²) < 4.78 is 11.9. The fourth-order valence-electron chi connectivity index (χ4n) is 3.82. The van der Waals surface area contributed by atoms with Crippen molar-refractivity contribution in [2.45, 2.75) is 30.7 Å². The number of thioether (sulfide) groups is 1. The maximum Gasteiger partial charge on any atom is 0.286 e. The Labute approximate surface area is 201 Å². The molecule has 3 unspecified atom stereocenters. The number of halogens is 2. The molecule has 4 rings (SSSR count). The summed E-state index contributed by atoms with van der Waals surface area (Å²) in [7, 11) is 0. The summed E-state index contributed by atoms with van der Waals surface area (Å²) >= 11 is 13.3. The van der Waals surface area contributed by atoms with Gasteiger partial charge in [-0.2, -0.15) is 0 Å². The van der Waals surface area contributed by atoms with Crippen LogP contribution in [0, 0.1) is 0 Å². The number of nitrogens with zero attached hydrogens (tertiary/aromatic N) is 1. The van der Waals surface area contributed by atoms with Gasteiger partial charge in [-0.3, -0.25) is 19.8 Å². The van der Waals surface area contributed by atoms with Crippen LogP contribution in [0.15, 0.2) is 42.5 Å². The molecule has 2 fully saturated rings. The lowest BCUT2D eigenvalue weighted by Gasteiger charge is -2.37. The van der Waals surface area contributed by atoms with Crippen LogP contribution in [0.5, 0.6) is 5.75 Å². The maximum absolute atomic E-state index is 11.7. The molecule has 2 aliphatic heterocycles. The highest BCUT2D eigenvalue weighted by Crippen LogP contribution is 2.29. The fraction of sp³-hybridized carbons (Fsp3) is 0.391. The standard InChI is InChI=1S/C23H24Cl2N2O4S/c1-14(27-6-7-30-20(12-27)16-9-17(24)11-18(25)10-16)13-31-19-4-2-15(3-5-19)8-21-22(28)26-23(29)32-21/h2-5,9-11,14,20-21H,6-8,12-13H2,1H3,(H,26,28,29). The molecule has 2 saturated heterocycles. The van der Waals surface area contributed by atoms with Crippen LogP contribution in [-0.4, -0.2) is 53.6 Å². The highest BCUT2D eigenvalue weighted by molar-refractivity contribution is 8.15. The molecule has 2 aromatic carbocycles. The number of carbonyl (C=O) groups excluding carboxylic acids is 2. The summed E-state index contributed by atoms with van der Waals surface area (Å²) in [5.41, 5.74) is 1.97. The molecule has 3 atom stereocenters. The Balaban J connectivity index is 1.29. The number of imide groups is 1. The van der Waals surface area contributed by atoms with Crippen molar-refractivity contribution in [2.24, 2.45) is 0 Å². The molecule has 1 N–H and O–H groups in total. The third-order valence-electron chi connectivity index (χ3n) is 5.58. The second-order valence-electron chi connectivity index (χ2n) is 7.95. The van der Waals surface area contributed by atoms with Crippen LogP contribution in [0.25, 0.3) is 0 Å². The van der Waals surface area contributed by atoms with Gasteiger partial charge in [0.05, 0.1) is 18.0 Å². The lowest BCUT2D eigenvalue weighted by Crippen LogP contribution is -2.45. The number of ether oxygens (including phenoxy) is 2. The van der Waals surface area contributed by atoms with Gasteiger partial charge >= 0.3 is 0 Å². The zero-order valence-electron chi connectivity index (χ0n) is 17.6. The largest absolute Gasteiger partial charge is 0.492 e. The number of benzene rings is 2. The Bertz CT molecular complexity index is 968. The number of hydrogen-bond acceptors (Lipinski definition) is 6. The van der Waals surface area contributed by atoms with Gasteiger partial charge in [0.15, 0.2) is 0 Å². The predicted molar refractivity (Wildman–Crippen MR) is 127 cm³/mol. The topological polar surface area (TPSA) is 67.9 Å². The molecule has 0 spiro atoms. The molecule has 32 heavy (non-hydrogen) atoms. The number of carbonyl (C=O) groups is 2. The van der Waals surface area contributed by atoms with Gasteiger partial charge in [-0.1, -0.05) is 47.1 Å². The van der Waals surface area contributed by atoms with E-state index in [1.807, 2.05) is 36.4 Å². The minimum Gasteiger partial charge on any atom is -0.492 e. The van der Waals surface area contributed by atoms with E-state index in [1.54, 1.807) is 6.07 Å². The van der Waals surface area contributed by atoms with Crippen LogP contribution >= 0.6 is 35.0 Å². The number of rotatable bonds is 7. The molecule has 2 aliphatic rings.